The van der Waals surface area contributed by atoms with Crippen LogP contribution in [0.4, 0.5) is 0 Å². The molecule has 3 nitrogen and oxygen atoms in total. The molecule has 1 aliphatic heterocycles. The fourth-order valence-corrected chi connectivity index (χ4v) is 4.41. The van der Waals surface area contributed by atoms with Gasteiger partial charge < -0.3 is 10.6 Å². The van der Waals surface area contributed by atoms with E-state index >= 15 is 0 Å². The molecule has 1 amide bonds. The van der Waals surface area contributed by atoms with Crippen molar-refractivity contribution in [2.45, 2.75) is 56.5 Å². The number of fused-ring (bicyclic) bond motifs is 2. The van der Waals surface area contributed by atoms with Crippen LogP contribution in [-0.2, 0) is 11.2 Å². The Morgan fingerprint density at radius 1 is 1.24 bits per heavy atom. The van der Waals surface area contributed by atoms with Gasteiger partial charge in [-0.3, -0.25) is 4.79 Å². The summed E-state index contributed by atoms with van der Waals surface area (Å²) in [7, 11) is 0. The molecule has 3 aliphatic rings. The maximum Gasteiger partial charge on any atom is 0.237 e. The van der Waals surface area contributed by atoms with Gasteiger partial charge in [-0.05, 0) is 42.7 Å². The average Bonchev–Trinajstić information content (AvgIpc) is 2.92. The Labute approximate surface area is 126 Å². The third-order valence-electron chi connectivity index (χ3n) is 5.66. The summed E-state index contributed by atoms with van der Waals surface area (Å²) in [5.41, 5.74) is 2.87. The van der Waals surface area contributed by atoms with E-state index in [2.05, 4.69) is 34.9 Å². The van der Waals surface area contributed by atoms with Gasteiger partial charge in [0.2, 0.25) is 5.91 Å². The monoisotopic (exact) mass is 284 g/mol. The molecular weight excluding hydrogens is 260 g/mol. The molecule has 3 heteroatoms. The number of amides is 1. The van der Waals surface area contributed by atoms with Gasteiger partial charge in [0.1, 0.15) is 0 Å². The molecule has 4 unspecified atom stereocenters. The first kappa shape index (κ1) is 13.3. The number of carbonyl (C=O) groups is 1. The molecule has 4 rings (SSSR count). The summed E-state index contributed by atoms with van der Waals surface area (Å²) < 4.78 is 0. The van der Waals surface area contributed by atoms with E-state index in [1.54, 1.807) is 0 Å². The predicted octanol–water partition coefficient (Wildman–Crippen LogP) is 2.36. The van der Waals surface area contributed by atoms with Gasteiger partial charge in [-0.2, -0.15) is 0 Å². The Kier molecular flexibility index (Phi) is 3.46. The van der Waals surface area contributed by atoms with Crippen molar-refractivity contribution in [1.82, 2.24) is 10.6 Å². The summed E-state index contributed by atoms with van der Waals surface area (Å²) in [6.07, 6.45) is 7.37. The van der Waals surface area contributed by atoms with E-state index in [1.807, 2.05) is 0 Å². The minimum atomic E-state index is 0.0495. The molecule has 4 atom stereocenters. The van der Waals surface area contributed by atoms with Crippen LogP contribution in [0.2, 0.25) is 0 Å². The molecule has 1 saturated heterocycles. The van der Waals surface area contributed by atoms with Crippen molar-refractivity contribution in [3.05, 3.63) is 35.4 Å². The zero-order valence-electron chi connectivity index (χ0n) is 12.5. The van der Waals surface area contributed by atoms with Crippen LogP contribution in [-0.4, -0.2) is 24.5 Å². The molecule has 1 saturated carbocycles. The zero-order chi connectivity index (χ0) is 14.2. The maximum atomic E-state index is 12.4. The first-order valence-corrected chi connectivity index (χ1v) is 8.43. The molecule has 0 bridgehead atoms. The number of benzene rings is 1. The number of nitrogens with one attached hydrogen (secondary N) is 2. The fourth-order valence-electron chi connectivity index (χ4n) is 4.41. The highest BCUT2D eigenvalue weighted by Crippen LogP contribution is 2.35. The molecule has 1 heterocycles. The van der Waals surface area contributed by atoms with Crippen LogP contribution in [0.1, 0.15) is 49.1 Å². The summed E-state index contributed by atoms with van der Waals surface area (Å²) in [4.78, 5) is 12.4. The molecular formula is C18H24N2O. The summed E-state index contributed by atoms with van der Waals surface area (Å²) >= 11 is 0. The van der Waals surface area contributed by atoms with Crippen molar-refractivity contribution in [3.63, 3.8) is 0 Å². The van der Waals surface area contributed by atoms with Gasteiger partial charge in [0, 0.05) is 18.5 Å². The Morgan fingerprint density at radius 3 is 2.95 bits per heavy atom. The van der Waals surface area contributed by atoms with Gasteiger partial charge in [-0.25, -0.2) is 0 Å². The number of hydrogen-bond donors (Lipinski definition) is 2. The van der Waals surface area contributed by atoms with Crippen LogP contribution < -0.4 is 10.6 Å². The molecule has 2 fully saturated rings. The molecule has 1 aromatic carbocycles. The van der Waals surface area contributed by atoms with Gasteiger partial charge in [0.15, 0.2) is 0 Å². The van der Waals surface area contributed by atoms with Gasteiger partial charge in [0.05, 0.1) is 6.04 Å². The van der Waals surface area contributed by atoms with E-state index in [0.29, 0.717) is 12.0 Å². The van der Waals surface area contributed by atoms with Crippen LogP contribution in [0, 0.1) is 5.92 Å². The first-order valence-electron chi connectivity index (χ1n) is 8.43. The molecule has 1 aromatic rings. The van der Waals surface area contributed by atoms with Crippen molar-refractivity contribution in [2.75, 3.05) is 6.54 Å². The lowest BCUT2D eigenvalue weighted by molar-refractivity contribution is -0.123. The van der Waals surface area contributed by atoms with E-state index in [0.717, 1.165) is 25.3 Å². The molecule has 21 heavy (non-hydrogen) atoms. The fraction of sp³-hybridized carbons (Fsp3) is 0.611. The zero-order valence-corrected chi connectivity index (χ0v) is 12.5. The molecule has 2 N–H and O–H groups in total. The van der Waals surface area contributed by atoms with E-state index < -0.39 is 0 Å². The van der Waals surface area contributed by atoms with Crippen LogP contribution in [0.5, 0.6) is 0 Å². The van der Waals surface area contributed by atoms with Crippen molar-refractivity contribution in [2.24, 2.45) is 5.92 Å². The number of rotatable bonds is 3. The largest absolute Gasteiger partial charge is 0.354 e. The standard InChI is InChI=1S/C18H24N2O/c21-18(17-10-13-6-2-4-8-16(13)20-17)19-11-14-9-12-5-1-3-7-15(12)14/h1,3,5,7,13-14,16-17,20H,2,4,6,8-11H2,(H,19,21). The van der Waals surface area contributed by atoms with Crippen molar-refractivity contribution >= 4 is 5.91 Å². The minimum absolute atomic E-state index is 0.0495. The Morgan fingerprint density at radius 2 is 2.10 bits per heavy atom. The van der Waals surface area contributed by atoms with Gasteiger partial charge in [-0.15, -0.1) is 0 Å². The Hall–Kier alpha value is -1.35. The number of hydrogen-bond acceptors (Lipinski definition) is 2. The molecule has 112 valence electrons. The lowest BCUT2D eigenvalue weighted by Crippen LogP contribution is -2.45. The Bertz CT molecular complexity index is 528. The second kappa shape index (κ2) is 5.45. The molecule has 0 radical (unpaired) electrons. The summed E-state index contributed by atoms with van der Waals surface area (Å²) in [5, 5.41) is 6.74. The van der Waals surface area contributed by atoms with E-state index in [1.165, 1.54) is 36.8 Å². The van der Waals surface area contributed by atoms with Gasteiger partial charge in [-0.1, -0.05) is 37.1 Å². The average molecular weight is 284 g/mol. The summed E-state index contributed by atoms with van der Waals surface area (Å²) in [5.74, 6) is 1.47. The smallest absolute Gasteiger partial charge is 0.237 e. The lowest BCUT2D eigenvalue weighted by atomic mass is 9.77. The summed E-state index contributed by atoms with van der Waals surface area (Å²) in [6, 6.07) is 9.22. The van der Waals surface area contributed by atoms with Crippen LogP contribution in [0.3, 0.4) is 0 Å². The van der Waals surface area contributed by atoms with E-state index in [-0.39, 0.29) is 11.9 Å². The third kappa shape index (κ3) is 2.48. The highest BCUT2D eigenvalue weighted by Gasteiger charge is 2.38. The minimum Gasteiger partial charge on any atom is -0.354 e. The number of carbonyl (C=O) groups excluding carboxylic acids is 1. The maximum absolute atomic E-state index is 12.4. The molecule has 2 aliphatic carbocycles. The van der Waals surface area contributed by atoms with Gasteiger partial charge in [0.25, 0.3) is 0 Å². The van der Waals surface area contributed by atoms with E-state index in [9.17, 15) is 4.79 Å². The highest BCUT2D eigenvalue weighted by molar-refractivity contribution is 5.82. The van der Waals surface area contributed by atoms with Crippen molar-refractivity contribution in [1.29, 1.82) is 0 Å². The van der Waals surface area contributed by atoms with Crippen molar-refractivity contribution in [3.8, 4) is 0 Å². The van der Waals surface area contributed by atoms with Crippen molar-refractivity contribution < 1.29 is 4.79 Å². The van der Waals surface area contributed by atoms with Gasteiger partial charge >= 0.3 is 0 Å². The quantitative estimate of drug-likeness (QED) is 0.894. The van der Waals surface area contributed by atoms with Crippen LogP contribution in [0.15, 0.2) is 24.3 Å². The highest BCUT2D eigenvalue weighted by atomic mass is 16.2. The lowest BCUT2D eigenvalue weighted by Gasteiger charge is -2.30. The normalized spacial score (nSPS) is 33.7. The molecule has 0 aromatic heterocycles. The third-order valence-corrected chi connectivity index (χ3v) is 5.66. The summed E-state index contributed by atoms with van der Waals surface area (Å²) in [6.45, 7) is 0.795. The molecule has 0 spiro atoms. The SMILES string of the molecule is O=C(NCC1Cc2ccccc21)C1CC2CCCCC2N1. The van der Waals surface area contributed by atoms with Crippen LogP contribution in [0.25, 0.3) is 0 Å². The topological polar surface area (TPSA) is 41.1 Å². The Balaban J connectivity index is 1.29. The second-order valence-electron chi connectivity index (χ2n) is 6.95. The second-order valence-corrected chi connectivity index (χ2v) is 6.95. The first-order chi connectivity index (χ1) is 10.3. The van der Waals surface area contributed by atoms with E-state index in [4.69, 9.17) is 0 Å². The van der Waals surface area contributed by atoms with Crippen LogP contribution >= 0.6 is 0 Å². The predicted molar refractivity (Wildman–Crippen MR) is 83.2 cm³/mol.